The summed E-state index contributed by atoms with van der Waals surface area (Å²) in [7, 11) is 0. The van der Waals surface area contributed by atoms with Gasteiger partial charge in [-0.2, -0.15) is 0 Å². The van der Waals surface area contributed by atoms with Crippen molar-refractivity contribution in [2.45, 2.75) is 32.0 Å². The van der Waals surface area contributed by atoms with Gasteiger partial charge in [0, 0.05) is 35.9 Å². The molecule has 0 saturated carbocycles. The first kappa shape index (κ1) is 21.2. The Morgan fingerprint density at radius 2 is 1.65 bits per heavy atom. The van der Waals surface area contributed by atoms with E-state index < -0.39 is 12.0 Å². The summed E-state index contributed by atoms with van der Waals surface area (Å²) in [5, 5.41) is 23.1. The van der Waals surface area contributed by atoms with Gasteiger partial charge >= 0.3 is 0 Å². The molecule has 3 aromatic carbocycles. The lowest BCUT2D eigenvalue weighted by atomic mass is 9.96. The summed E-state index contributed by atoms with van der Waals surface area (Å²) < 4.78 is 14.5. The maximum Gasteiger partial charge on any atom is 0.146 e. The van der Waals surface area contributed by atoms with E-state index >= 15 is 0 Å². The second kappa shape index (κ2) is 8.96. The van der Waals surface area contributed by atoms with Gasteiger partial charge in [-0.15, -0.1) is 0 Å². The summed E-state index contributed by atoms with van der Waals surface area (Å²) in [6, 6.07) is 18.5. The second-order valence-electron chi connectivity index (χ2n) is 8.09. The van der Waals surface area contributed by atoms with Crippen LogP contribution in [0.25, 0.3) is 22.3 Å². The third-order valence-electron chi connectivity index (χ3n) is 5.74. The number of benzene rings is 3. The number of aliphatic hydroxyl groups excluding tert-OH is 1. The lowest BCUT2D eigenvalue weighted by Gasteiger charge is -2.32. The van der Waals surface area contributed by atoms with Crippen molar-refractivity contribution in [2.24, 2.45) is 5.73 Å². The van der Waals surface area contributed by atoms with E-state index in [9.17, 15) is 14.6 Å². The van der Waals surface area contributed by atoms with E-state index in [1.165, 1.54) is 13.0 Å². The first-order valence-corrected chi connectivity index (χ1v) is 10.6. The summed E-state index contributed by atoms with van der Waals surface area (Å²) in [5.74, 6) is -0.385. The first-order chi connectivity index (χ1) is 14.9. The van der Waals surface area contributed by atoms with Crippen LogP contribution >= 0.6 is 0 Å². The molecular formula is C25H28FN3O2. The van der Waals surface area contributed by atoms with Crippen LogP contribution in [0, 0.1) is 5.82 Å². The Balaban J connectivity index is 1.66. The summed E-state index contributed by atoms with van der Waals surface area (Å²) in [6.45, 7) is 3.36. The molecule has 0 aromatic heterocycles. The van der Waals surface area contributed by atoms with Gasteiger partial charge in [0.15, 0.2) is 0 Å². The Labute approximate surface area is 181 Å². The van der Waals surface area contributed by atoms with Crippen LogP contribution in [0.5, 0.6) is 5.75 Å². The van der Waals surface area contributed by atoms with Crippen LogP contribution in [-0.4, -0.2) is 35.6 Å². The molecule has 1 heterocycles. The third-order valence-corrected chi connectivity index (χ3v) is 5.74. The summed E-state index contributed by atoms with van der Waals surface area (Å²) in [4.78, 5) is 2.32. The van der Waals surface area contributed by atoms with E-state index in [2.05, 4.69) is 22.3 Å². The fraction of sp³-hybridized carbons (Fsp3) is 0.280. The predicted molar refractivity (Wildman–Crippen MR) is 124 cm³/mol. The molecule has 1 fully saturated rings. The first-order valence-electron chi connectivity index (χ1n) is 10.6. The minimum Gasteiger partial charge on any atom is -0.507 e. The molecular weight excluding hydrogens is 393 g/mol. The number of aromatic hydroxyl groups is 1. The molecule has 31 heavy (non-hydrogen) atoms. The molecule has 0 radical (unpaired) electrons. The number of phenols is 1. The molecule has 3 aromatic rings. The van der Waals surface area contributed by atoms with Gasteiger partial charge in [0.2, 0.25) is 0 Å². The Morgan fingerprint density at radius 1 is 1.00 bits per heavy atom. The van der Waals surface area contributed by atoms with Crippen molar-refractivity contribution in [3.63, 3.8) is 0 Å². The topological polar surface area (TPSA) is 81.8 Å². The Bertz CT molecular complexity index is 1060. The Kier molecular flexibility index (Phi) is 6.11. The predicted octanol–water partition coefficient (Wildman–Crippen LogP) is 4.54. The van der Waals surface area contributed by atoms with Crippen molar-refractivity contribution >= 4 is 11.4 Å². The van der Waals surface area contributed by atoms with Crippen LogP contribution in [0.1, 0.15) is 19.8 Å². The van der Waals surface area contributed by atoms with Crippen molar-refractivity contribution in [1.82, 2.24) is 0 Å². The lowest BCUT2D eigenvalue weighted by molar-refractivity contribution is 0.224. The molecule has 1 aliphatic heterocycles. The van der Waals surface area contributed by atoms with Gasteiger partial charge < -0.3 is 26.2 Å². The number of anilines is 2. The van der Waals surface area contributed by atoms with Crippen LogP contribution in [0.3, 0.4) is 0 Å². The van der Waals surface area contributed by atoms with E-state index in [0.717, 1.165) is 37.2 Å². The SMILES string of the molecule is CC(O)Nc1ccc(-c2cccc(-c3cccc(N4CCC(N)CC4)c3)c2O)cc1F. The standard InChI is InChI=1S/C25H28FN3O2/c1-16(30)28-24-9-8-18(15-23(24)26)22-7-3-6-21(25(22)31)17-4-2-5-20(14-17)29-12-10-19(27)11-13-29/h2-9,14-16,19,28,30-31H,10-13,27H2,1H3. The quantitative estimate of drug-likeness (QED) is 0.455. The highest BCUT2D eigenvalue weighted by Gasteiger charge is 2.18. The number of hydrogen-bond donors (Lipinski definition) is 4. The normalized spacial score (nSPS) is 15.7. The fourth-order valence-electron chi connectivity index (χ4n) is 4.06. The minimum atomic E-state index is -0.861. The molecule has 0 spiro atoms. The van der Waals surface area contributed by atoms with E-state index in [0.29, 0.717) is 16.7 Å². The van der Waals surface area contributed by atoms with Crippen LogP contribution in [0.4, 0.5) is 15.8 Å². The molecule has 5 N–H and O–H groups in total. The van der Waals surface area contributed by atoms with E-state index in [1.807, 2.05) is 24.3 Å². The zero-order chi connectivity index (χ0) is 22.0. The van der Waals surface area contributed by atoms with Crippen molar-refractivity contribution < 1.29 is 14.6 Å². The number of nitrogens with one attached hydrogen (secondary N) is 1. The van der Waals surface area contributed by atoms with E-state index in [-0.39, 0.29) is 17.5 Å². The molecule has 0 aliphatic carbocycles. The monoisotopic (exact) mass is 421 g/mol. The number of hydrogen-bond acceptors (Lipinski definition) is 5. The Morgan fingerprint density at radius 3 is 2.29 bits per heavy atom. The number of phenolic OH excluding ortho intramolecular Hbond substituents is 1. The largest absolute Gasteiger partial charge is 0.507 e. The van der Waals surface area contributed by atoms with Crippen LogP contribution in [-0.2, 0) is 0 Å². The Hall–Kier alpha value is -3.09. The molecule has 5 nitrogen and oxygen atoms in total. The van der Waals surface area contributed by atoms with Gasteiger partial charge in [-0.1, -0.05) is 36.4 Å². The van der Waals surface area contributed by atoms with Crippen LogP contribution in [0.2, 0.25) is 0 Å². The van der Waals surface area contributed by atoms with Crippen molar-refractivity contribution in [3.8, 4) is 28.0 Å². The highest BCUT2D eigenvalue weighted by atomic mass is 19.1. The van der Waals surface area contributed by atoms with Gasteiger partial charge in [-0.25, -0.2) is 4.39 Å². The third kappa shape index (κ3) is 4.65. The van der Waals surface area contributed by atoms with Gasteiger partial charge in [-0.05, 0) is 55.2 Å². The van der Waals surface area contributed by atoms with Gasteiger partial charge in [0.1, 0.15) is 17.8 Å². The number of aliphatic hydroxyl groups is 1. The smallest absolute Gasteiger partial charge is 0.146 e. The van der Waals surface area contributed by atoms with Gasteiger partial charge in [0.05, 0.1) is 5.69 Å². The highest BCUT2D eigenvalue weighted by molar-refractivity contribution is 5.83. The summed E-state index contributed by atoms with van der Waals surface area (Å²) in [5.41, 5.74) is 10.1. The van der Waals surface area contributed by atoms with Crippen LogP contribution in [0.15, 0.2) is 60.7 Å². The molecule has 0 bridgehead atoms. The van der Waals surface area contributed by atoms with Crippen LogP contribution < -0.4 is 16.0 Å². The molecule has 1 atom stereocenters. The number of nitrogens with zero attached hydrogens (tertiary/aromatic N) is 1. The number of halogens is 1. The average molecular weight is 422 g/mol. The summed E-state index contributed by atoms with van der Waals surface area (Å²) in [6.07, 6.45) is 1.08. The van der Waals surface area contributed by atoms with Crippen molar-refractivity contribution in [1.29, 1.82) is 0 Å². The van der Waals surface area contributed by atoms with E-state index in [4.69, 9.17) is 5.73 Å². The molecule has 0 amide bonds. The number of nitrogens with two attached hydrogens (primary N) is 1. The van der Waals surface area contributed by atoms with Crippen molar-refractivity contribution in [2.75, 3.05) is 23.3 Å². The molecule has 1 unspecified atom stereocenters. The minimum absolute atomic E-state index is 0.107. The maximum atomic E-state index is 14.5. The zero-order valence-electron chi connectivity index (χ0n) is 17.6. The molecule has 6 heteroatoms. The van der Waals surface area contributed by atoms with Gasteiger partial charge in [-0.3, -0.25) is 0 Å². The zero-order valence-corrected chi connectivity index (χ0v) is 17.6. The maximum absolute atomic E-state index is 14.5. The van der Waals surface area contributed by atoms with Crippen molar-refractivity contribution in [3.05, 3.63) is 66.5 Å². The van der Waals surface area contributed by atoms with Gasteiger partial charge in [0.25, 0.3) is 0 Å². The molecule has 1 aliphatic rings. The second-order valence-corrected chi connectivity index (χ2v) is 8.09. The fourth-order valence-corrected chi connectivity index (χ4v) is 4.06. The van der Waals surface area contributed by atoms with E-state index in [1.54, 1.807) is 18.2 Å². The summed E-state index contributed by atoms with van der Waals surface area (Å²) >= 11 is 0. The highest BCUT2D eigenvalue weighted by Crippen LogP contribution is 2.39. The number of piperidine rings is 1. The lowest BCUT2D eigenvalue weighted by Crippen LogP contribution is -2.39. The molecule has 162 valence electrons. The number of para-hydroxylation sites is 1. The molecule has 1 saturated heterocycles. The molecule has 4 rings (SSSR count). The average Bonchev–Trinajstić information content (AvgIpc) is 2.76. The number of rotatable bonds is 5.